The number of halogens is 1. The van der Waals surface area contributed by atoms with Crippen molar-refractivity contribution >= 4 is 33.4 Å². The molecule has 1 aliphatic heterocycles. The maximum Gasteiger partial charge on any atom is 0.273 e. The zero-order valence-electron chi connectivity index (χ0n) is 19.6. The van der Waals surface area contributed by atoms with Gasteiger partial charge in [-0.2, -0.15) is 0 Å². The third kappa shape index (κ3) is 5.82. The zero-order valence-corrected chi connectivity index (χ0v) is 20.4. The predicted octanol–water partition coefficient (Wildman–Crippen LogP) is 3.79. The van der Waals surface area contributed by atoms with Crippen LogP contribution in [-0.2, 0) is 16.1 Å². The van der Waals surface area contributed by atoms with Gasteiger partial charge in [-0.05, 0) is 62.3 Å². The number of fused-ring (bicyclic) bond motifs is 1. The second kappa shape index (κ2) is 11.1. The van der Waals surface area contributed by atoms with Crippen molar-refractivity contribution < 1.29 is 13.9 Å². The lowest BCUT2D eigenvalue weighted by molar-refractivity contribution is -0.125. The van der Waals surface area contributed by atoms with E-state index in [1.54, 1.807) is 16.7 Å². The Bertz CT molecular complexity index is 1170. The predicted molar refractivity (Wildman–Crippen MR) is 133 cm³/mol. The Hall–Kier alpha value is -2.78. The first kappa shape index (κ1) is 24.3. The van der Waals surface area contributed by atoms with Crippen LogP contribution in [0.15, 0.2) is 40.5 Å². The van der Waals surface area contributed by atoms with E-state index in [1.165, 1.54) is 23.5 Å². The second-order valence-corrected chi connectivity index (χ2v) is 9.81. The highest BCUT2D eigenvalue weighted by molar-refractivity contribution is 7.17. The lowest BCUT2D eigenvalue weighted by Gasteiger charge is -2.33. The van der Waals surface area contributed by atoms with Gasteiger partial charge < -0.3 is 15.0 Å². The number of amides is 1. The Labute approximate surface area is 202 Å². The molecule has 7 nitrogen and oxygen atoms in total. The minimum Gasteiger partial charge on any atom is -0.379 e. The molecule has 1 N–H and O–H groups in total. The largest absolute Gasteiger partial charge is 0.379 e. The summed E-state index contributed by atoms with van der Waals surface area (Å²) in [5.74, 6) is 0.319. The highest BCUT2D eigenvalue weighted by atomic mass is 32.1. The van der Waals surface area contributed by atoms with Crippen molar-refractivity contribution in [1.82, 2.24) is 14.9 Å². The number of piperidine rings is 1. The van der Waals surface area contributed by atoms with Crippen LogP contribution in [0.25, 0.3) is 10.2 Å². The molecule has 1 amide bonds. The zero-order chi connectivity index (χ0) is 24.1. The van der Waals surface area contributed by atoms with E-state index in [-0.39, 0.29) is 29.3 Å². The third-order valence-electron chi connectivity index (χ3n) is 6.02. The maximum atomic E-state index is 13.4. The van der Waals surface area contributed by atoms with Crippen molar-refractivity contribution in [3.63, 3.8) is 0 Å². The highest BCUT2D eigenvalue weighted by Gasteiger charge is 2.27. The standard InChI is InChI=1S/C25H31FN4O3S/c1-17(2)33-14-3-11-27-23(31)19-8-12-29(13-9-19)25-28-21-10-15-34-22(21)24(32)30(25)16-18-4-6-20(26)7-5-18/h4-7,10,15,17,19H,3,8-9,11-14,16H2,1-2H3,(H,27,31). The van der Waals surface area contributed by atoms with Gasteiger partial charge in [0, 0.05) is 32.2 Å². The van der Waals surface area contributed by atoms with Crippen molar-refractivity contribution in [2.75, 3.05) is 31.1 Å². The van der Waals surface area contributed by atoms with Crippen LogP contribution in [0.1, 0.15) is 38.7 Å². The molecule has 0 radical (unpaired) electrons. The third-order valence-corrected chi connectivity index (χ3v) is 6.91. The molecule has 1 fully saturated rings. The summed E-state index contributed by atoms with van der Waals surface area (Å²) in [6.07, 6.45) is 2.38. The van der Waals surface area contributed by atoms with Crippen LogP contribution in [0.2, 0.25) is 0 Å². The summed E-state index contributed by atoms with van der Waals surface area (Å²) in [5, 5.41) is 4.89. The van der Waals surface area contributed by atoms with Gasteiger partial charge in [0.1, 0.15) is 10.5 Å². The number of hydrogen-bond donors (Lipinski definition) is 1. The fourth-order valence-electron chi connectivity index (χ4n) is 4.18. The van der Waals surface area contributed by atoms with Gasteiger partial charge in [0.2, 0.25) is 11.9 Å². The van der Waals surface area contributed by atoms with Crippen LogP contribution in [0.3, 0.4) is 0 Å². The summed E-state index contributed by atoms with van der Waals surface area (Å²) in [6.45, 7) is 6.83. The molecule has 1 saturated heterocycles. The van der Waals surface area contributed by atoms with Crippen molar-refractivity contribution in [3.05, 3.63) is 57.4 Å². The van der Waals surface area contributed by atoms with Crippen molar-refractivity contribution in [1.29, 1.82) is 0 Å². The number of benzene rings is 1. The van der Waals surface area contributed by atoms with Gasteiger partial charge >= 0.3 is 0 Å². The van der Waals surface area contributed by atoms with Gasteiger partial charge in [-0.3, -0.25) is 14.2 Å². The quantitative estimate of drug-likeness (QED) is 0.466. The second-order valence-electron chi connectivity index (χ2n) is 8.89. The number of nitrogens with zero attached hydrogens (tertiary/aromatic N) is 3. The first-order valence-electron chi connectivity index (χ1n) is 11.8. The molecule has 9 heteroatoms. The molecule has 2 aromatic heterocycles. The fourth-order valence-corrected chi connectivity index (χ4v) is 4.96. The van der Waals surface area contributed by atoms with E-state index in [1.807, 2.05) is 25.3 Å². The summed E-state index contributed by atoms with van der Waals surface area (Å²) < 4.78 is 21.2. The van der Waals surface area contributed by atoms with E-state index in [2.05, 4.69) is 10.2 Å². The summed E-state index contributed by atoms with van der Waals surface area (Å²) in [5.41, 5.74) is 1.42. The first-order chi connectivity index (χ1) is 16.4. The van der Waals surface area contributed by atoms with Crippen LogP contribution in [-0.4, -0.2) is 47.8 Å². The van der Waals surface area contributed by atoms with Gasteiger partial charge in [0.05, 0.1) is 18.2 Å². The number of carbonyl (C=O) groups is 1. The van der Waals surface area contributed by atoms with E-state index in [4.69, 9.17) is 9.72 Å². The van der Waals surface area contributed by atoms with Crippen LogP contribution in [0, 0.1) is 11.7 Å². The lowest BCUT2D eigenvalue weighted by atomic mass is 9.96. The van der Waals surface area contributed by atoms with E-state index in [0.29, 0.717) is 61.8 Å². The molecule has 1 aliphatic rings. The van der Waals surface area contributed by atoms with Crippen LogP contribution >= 0.6 is 11.3 Å². The van der Waals surface area contributed by atoms with E-state index < -0.39 is 0 Å². The molecule has 0 aliphatic carbocycles. The molecule has 4 rings (SSSR count). The van der Waals surface area contributed by atoms with E-state index in [0.717, 1.165) is 12.0 Å². The van der Waals surface area contributed by atoms with Crippen molar-refractivity contribution in [2.45, 2.75) is 45.8 Å². The Morgan fingerprint density at radius 1 is 1.24 bits per heavy atom. The fraction of sp³-hybridized carbons (Fsp3) is 0.480. The number of rotatable bonds is 9. The molecule has 1 aromatic carbocycles. The van der Waals surface area contributed by atoms with E-state index >= 15 is 0 Å². The van der Waals surface area contributed by atoms with Crippen LogP contribution in [0.5, 0.6) is 0 Å². The molecule has 3 aromatic rings. The molecule has 34 heavy (non-hydrogen) atoms. The lowest BCUT2D eigenvalue weighted by Crippen LogP contribution is -2.43. The van der Waals surface area contributed by atoms with Gasteiger partial charge in [-0.15, -0.1) is 11.3 Å². The van der Waals surface area contributed by atoms with Crippen molar-refractivity contribution in [2.24, 2.45) is 5.92 Å². The molecule has 182 valence electrons. The number of ether oxygens (including phenoxy) is 1. The van der Waals surface area contributed by atoms with Gasteiger partial charge in [-0.1, -0.05) is 12.1 Å². The van der Waals surface area contributed by atoms with E-state index in [9.17, 15) is 14.0 Å². The molecule has 0 unspecified atom stereocenters. The number of aromatic nitrogens is 2. The average molecular weight is 487 g/mol. The molecule has 0 atom stereocenters. The topological polar surface area (TPSA) is 76.5 Å². The summed E-state index contributed by atoms with van der Waals surface area (Å²) in [4.78, 5) is 32.8. The molecule has 0 saturated carbocycles. The first-order valence-corrected chi connectivity index (χ1v) is 12.7. The van der Waals surface area contributed by atoms with Crippen molar-refractivity contribution in [3.8, 4) is 0 Å². The number of anilines is 1. The number of hydrogen-bond acceptors (Lipinski definition) is 6. The molecule has 0 bridgehead atoms. The number of thiophene rings is 1. The maximum absolute atomic E-state index is 13.4. The number of nitrogens with one attached hydrogen (secondary N) is 1. The Kier molecular flexibility index (Phi) is 7.95. The highest BCUT2D eigenvalue weighted by Crippen LogP contribution is 2.25. The average Bonchev–Trinajstić information content (AvgIpc) is 3.31. The van der Waals surface area contributed by atoms with Gasteiger partial charge in [0.15, 0.2) is 0 Å². The summed E-state index contributed by atoms with van der Waals surface area (Å²) in [7, 11) is 0. The molecular formula is C25H31FN4O3S. The Morgan fingerprint density at radius 3 is 2.68 bits per heavy atom. The Balaban J connectivity index is 1.44. The van der Waals surface area contributed by atoms with Crippen LogP contribution in [0.4, 0.5) is 10.3 Å². The minimum absolute atomic E-state index is 0.0515. The molecule has 0 spiro atoms. The van der Waals surface area contributed by atoms with Gasteiger partial charge in [-0.25, -0.2) is 9.37 Å². The summed E-state index contributed by atoms with van der Waals surface area (Å²) >= 11 is 1.38. The molecular weight excluding hydrogens is 455 g/mol. The SMILES string of the molecule is CC(C)OCCCNC(=O)C1CCN(c2nc3ccsc3c(=O)n2Cc2ccc(F)cc2)CC1. The van der Waals surface area contributed by atoms with Gasteiger partial charge in [0.25, 0.3) is 5.56 Å². The normalized spacial score (nSPS) is 14.8. The molecule has 3 heterocycles. The summed E-state index contributed by atoms with van der Waals surface area (Å²) in [6, 6.07) is 8.03. The van der Waals surface area contributed by atoms with Crippen LogP contribution < -0.4 is 15.8 Å². The smallest absolute Gasteiger partial charge is 0.273 e. The minimum atomic E-state index is -0.309. The monoisotopic (exact) mass is 486 g/mol. The number of carbonyl (C=O) groups excluding carboxylic acids is 1. The Morgan fingerprint density at radius 2 is 1.97 bits per heavy atom.